The number of aromatic amines is 1. The summed E-state index contributed by atoms with van der Waals surface area (Å²) in [5.74, 6) is -0.655. The maximum atomic E-state index is 12.1. The molecule has 2 aromatic rings. The fourth-order valence-electron chi connectivity index (χ4n) is 1.79. The molecule has 0 atom stereocenters. The molecule has 0 saturated heterocycles. The van der Waals surface area contributed by atoms with Crippen LogP contribution in [0.4, 0.5) is 10.7 Å². The van der Waals surface area contributed by atoms with E-state index in [0.717, 1.165) is 0 Å². The van der Waals surface area contributed by atoms with Crippen LogP contribution in [0.5, 0.6) is 5.88 Å². The van der Waals surface area contributed by atoms with Gasteiger partial charge in [-0.25, -0.2) is 4.79 Å². The third kappa shape index (κ3) is 3.85. The first-order valence-electron chi connectivity index (χ1n) is 6.65. The number of carbonyl (C=O) groups is 1. The molecule has 1 aromatic heterocycles. The third-order valence-corrected chi connectivity index (χ3v) is 2.58. The number of anilines is 1. The van der Waals surface area contributed by atoms with E-state index < -0.39 is 23.1 Å². The molecule has 1 heterocycles. The first-order chi connectivity index (χ1) is 10.3. The normalized spacial score (nSPS) is 11.0. The zero-order valence-corrected chi connectivity index (χ0v) is 12.5. The van der Waals surface area contributed by atoms with Crippen molar-refractivity contribution in [2.45, 2.75) is 26.4 Å². The van der Waals surface area contributed by atoms with Gasteiger partial charge in [-0.1, -0.05) is 30.3 Å². The van der Waals surface area contributed by atoms with Crippen LogP contribution in [0.3, 0.4) is 0 Å². The van der Waals surface area contributed by atoms with Crippen LogP contribution in [-0.2, 0) is 4.74 Å². The van der Waals surface area contributed by atoms with Crippen LogP contribution >= 0.6 is 0 Å². The molecule has 0 fully saturated rings. The minimum absolute atomic E-state index is 0.0374. The van der Waals surface area contributed by atoms with Crippen LogP contribution in [0.2, 0.25) is 0 Å². The first kappa shape index (κ1) is 15.6. The second-order valence-electron chi connectivity index (χ2n) is 5.61. The lowest BCUT2D eigenvalue weighted by Crippen LogP contribution is -2.28. The van der Waals surface area contributed by atoms with E-state index in [0.29, 0.717) is 5.56 Å². The fourth-order valence-corrected chi connectivity index (χ4v) is 1.79. The first-order valence-corrected chi connectivity index (χ1v) is 6.65. The van der Waals surface area contributed by atoms with Gasteiger partial charge in [0.15, 0.2) is 0 Å². The molecule has 0 spiro atoms. The summed E-state index contributed by atoms with van der Waals surface area (Å²) in [5, 5.41) is 12.2. The standard InChI is InChI=1S/C15H17N3O4/c1-15(2,3)22-14(21)18-13-16-11(19)10(12(20)17-13)9-7-5-4-6-8-9/h4-8H,1-3H3,(H3,16,17,18,19,20,21). The number of aromatic hydroxyl groups is 1. The molecule has 3 N–H and O–H groups in total. The summed E-state index contributed by atoms with van der Waals surface area (Å²) in [6.45, 7) is 5.12. The lowest BCUT2D eigenvalue weighted by molar-refractivity contribution is 0.0634. The fraction of sp³-hybridized carbons (Fsp3) is 0.267. The Hall–Kier alpha value is -2.83. The Morgan fingerprint density at radius 2 is 1.91 bits per heavy atom. The summed E-state index contributed by atoms with van der Waals surface area (Å²) in [4.78, 5) is 29.9. The lowest BCUT2D eigenvalue weighted by atomic mass is 10.1. The molecule has 0 aliphatic carbocycles. The molecule has 1 aromatic carbocycles. The predicted molar refractivity (Wildman–Crippen MR) is 81.8 cm³/mol. The molecule has 7 heteroatoms. The van der Waals surface area contributed by atoms with Gasteiger partial charge in [-0.3, -0.25) is 15.1 Å². The van der Waals surface area contributed by atoms with E-state index in [1.807, 2.05) is 0 Å². The number of benzene rings is 1. The van der Waals surface area contributed by atoms with Gasteiger partial charge in [0.05, 0.1) is 0 Å². The van der Waals surface area contributed by atoms with Crippen LogP contribution in [0.15, 0.2) is 35.1 Å². The van der Waals surface area contributed by atoms with E-state index in [9.17, 15) is 14.7 Å². The summed E-state index contributed by atoms with van der Waals surface area (Å²) in [7, 11) is 0. The molecular formula is C15H17N3O4. The zero-order valence-electron chi connectivity index (χ0n) is 12.5. The molecule has 0 saturated carbocycles. The maximum Gasteiger partial charge on any atom is 0.414 e. The highest BCUT2D eigenvalue weighted by Crippen LogP contribution is 2.23. The van der Waals surface area contributed by atoms with Crippen LogP contribution in [0.25, 0.3) is 11.1 Å². The second kappa shape index (κ2) is 5.88. The average Bonchev–Trinajstić information content (AvgIpc) is 2.36. The number of aromatic nitrogens is 2. The largest absolute Gasteiger partial charge is 0.493 e. The highest BCUT2D eigenvalue weighted by Gasteiger charge is 2.18. The monoisotopic (exact) mass is 303 g/mol. The maximum absolute atomic E-state index is 12.1. The van der Waals surface area contributed by atoms with Crippen molar-refractivity contribution in [1.29, 1.82) is 0 Å². The molecule has 0 aliphatic rings. The van der Waals surface area contributed by atoms with Crippen molar-refractivity contribution in [2.75, 3.05) is 5.32 Å². The molecule has 116 valence electrons. The summed E-state index contributed by atoms with van der Waals surface area (Å²) in [5.41, 5.74) is -0.686. The minimum atomic E-state index is -0.775. The van der Waals surface area contributed by atoms with Gasteiger partial charge in [-0.05, 0) is 26.3 Å². The SMILES string of the molecule is CC(C)(C)OC(=O)Nc1nc(O)c(-c2ccccc2)c(=O)[nH]1. The number of ether oxygens (including phenoxy) is 1. The Kier molecular flexibility index (Phi) is 4.16. The Balaban J connectivity index is 2.28. The van der Waals surface area contributed by atoms with Gasteiger partial charge in [0, 0.05) is 0 Å². The van der Waals surface area contributed by atoms with E-state index in [1.165, 1.54) is 0 Å². The topological polar surface area (TPSA) is 104 Å². The van der Waals surface area contributed by atoms with Crippen molar-refractivity contribution >= 4 is 12.0 Å². The van der Waals surface area contributed by atoms with Crippen molar-refractivity contribution < 1.29 is 14.6 Å². The van der Waals surface area contributed by atoms with Crippen LogP contribution in [-0.4, -0.2) is 26.8 Å². The van der Waals surface area contributed by atoms with E-state index >= 15 is 0 Å². The smallest absolute Gasteiger partial charge is 0.414 e. The molecule has 2 rings (SSSR count). The van der Waals surface area contributed by atoms with Crippen LogP contribution < -0.4 is 10.9 Å². The number of hydrogen-bond acceptors (Lipinski definition) is 5. The molecule has 1 amide bonds. The van der Waals surface area contributed by atoms with E-state index in [1.54, 1.807) is 51.1 Å². The van der Waals surface area contributed by atoms with Gasteiger partial charge in [0.2, 0.25) is 11.8 Å². The van der Waals surface area contributed by atoms with Crippen molar-refractivity contribution in [3.05, 3.63) is 40.7 Å². The summed E-state index contributed by atoms with van der Waals surface area (Å²) in [6, 6.07) is 8.61. The van der Waals surface area contributed by atoms with Gasteiger partial charge in [-0.2, -0.15) is 4.98 Å². The van der Waals surface area contributed by atoms with Gasteiger partial charge < -0.3 is 9.84 Å². The average molecular weight is 303 g/mol. The number of nitrogens with zero attached hydrogens (tertiary/aromatic N) is 1. The van der Waals surface area contributed by atoms with Gasteiger partial charge in [0.1, 0.15) is 11.2 Å². The van der Waals surface area contributed by atoms with E-state index in [-0.39, 0.29) is 11.5 Å². The van der Waals surface area contributed by atoms with E-state index in [4.69, 9.17) is 4.74 Å². The summed E-state index contributed by atoms with van der Waals surface area (Å²) >= 11 is 0. The summed E-state index contributed by atoms with van der Waals surface area (Å²) in [6.07, 6.45) is -0.775. The van der Waals surface area contributed by atoms with Gasteiger partial charge in [0.25, 0.3) is 5.56 Å². The number of hydrogen-bond donors (Lipinski definition) is 3. The molecule has 7 nitrogen and oxygen atoms in total. The Morgan fingerprint density at radius 1 is 1.27 bits per heavy atom. The highest BCUT2D eigenvalue weighted by atomic mass is 16.6. The molecule has 0 aliphatic heterocycles. The number of carbonyl (C=O) groups excluding carboxylic acids is 1. The van der Waals surface area contributed by atoms with Crippen molar-refractivity contribution in [2.24, 2.45) is 0 Å². The number of H-pyrrole nitrogens is 1. The number of rotatable bonds is 2. The molecular weight excluding hydrogens is 286 g/mol. The quantitative estimate of drug-likeness (QED) is 0.790. The van der Waals surface area contributed by atoms with Crippen molar-refractivity contribution in [3.8, 4) is 17.0 Å². The van der Waals surface area contributed by atoms with Gasteiger partial charge >= 0.3 is 6.09 Å². The van der Waals surface area contributed by atoms with Crippen molar-refractivity contribution in [3.63, 3.8) is 0 Å². The highest BCUT2D eigenvalue weighted by molar-refractivity contribution is 5.83. The Bertz CT molecular complexity index is 733. The number of amides is 1. The number of nitrogens with one attached hydrogen (secondary N) is 2. The van der Waals surface area contributed by atoms with E-state index in [2.05, 4.69) is 15.3 Å². The van der Waals surface area contributed by atoms with Crippen LogP contribution in [0.1, 0.15) is 20.8 Å². The zero-order chi connectivity index (χ0) is 16.3. The molecule has 0 unspecified atom stereocenters. The predicted octanol–water partition coefficient (Wildman–Crippen LogP) is 2.49. The molecule has 0 radical (unpaired) electrons. The van der Waals surface area contributed by atoms with Crippen molar-refractivity contribution in [1.82, 2.24) is 9.97 Å². The third-order valence-electron chi connectivity index (χ3n) is 2.58. The molecule has 0 bridgehead atoms. The minimum Gasteiger partial charge on any atom is -0.493 e. The Labute approximate surface area is 127 Å². The Morgan fingerprint density at radius 3 is 2.45 bits per heavy atom. The molecule has 22 heavy (non-hydrogen) atoms. The van der Waals surface area contributed by atoms with Crippen LogP contribution in [0, 0.1) is 0 Å². The second-order valence-corrected chi connectivity index (χ2v) is 5.61. The summed E-state index contributed by atoms with van der Waals surface area (Å²) < 4.78 is 5.04. The van der Waals surface area contributed by atoms with Gasteiger partial charge in [-0.15, -0.1) is 0 Å². The lowest BCUT2D eigenvalue weighted by Gasteiger charge is -2.19.